The van der Waals surface area contributed by atoms with Crippen LogP contribution in [0.5, 0.6) is 0 Å². The van der Waals surface area contributed by atoms with Crippen LogP contribution < -0.4 is 5.73 Å². The second-order valence-corrected chi connectivity index (χ2v) is 4.33. The summed E-state index contributed by atoms with van der Waals surface area (Å²) in [4.78, 5) is 15.8. The molecule has 0 aliphatic heterocycles. The number of benzene rings is 1. The molecule has 2 N–H and O–H groups in total. The highest BCUT2D eigenvalue weighted by Gasteiger charge is 2.16. The third-order valence-corrected chi connectivity index (χ3v) is 2.77. The van der Waals surface area contributed by atoms with Crippen molar-refractivity contribution in [1.29, 1.82) is 0 Å². The van der Waals surface area contributed by atoms with Crippen molar-refractivity contribution < 1.29 is 9.18 Å². The number of hydrogen-bond acceptors (Lipinski definition) is 3. The molecule has 2 aromatic rings. The number of nitrogen functional groups attached to an aromatic ring is 1. The smallest absolute Gasteiger partial charge is 0.199 e. The summed E-state index contributed by atoms with van der Waals surface area (Å²) in [6.07, 6.45) is 2.81. The molecule has 2 rings (SSSR count). The van der Waals surface area contributed by atoms with Crippen molar-refractivity contribution in [2.24, 2.45) is 0 Å². The normalized spacial score (nSPS) is 10.2. The third kappa shape index (κ3) is 2.34. The fourth-order valence-corrected chi connectivity index (χ4v) is 1.75. The van der Waals surface area contributed by atoms with E-state index >= 15 is 0 Å². The van der Waals surface area contributed by atoms with Gasteiger partial charge in [0.15, 0.2) is 5.78 Å². The van der Waals surface area contributed by atoms with Crippen molar-refractivity contribution in [1.82, 2.24) is 4.98 Å². The number of aromatic nitrogens is 1. The largest absolute Gasteiger partial charge is 0.398 e. The van der Waals surface area contributed by atoms with Gasteiger partial charge in [-0.1, -0.05) is 15.9 Å². The number of hydrogen-bond donors (Lipinski definition) is 1. The van der Waals surface area contributed by atoms with Crippen molar-refractivity contribution in [3.8, 4) is 0 Å². The Morgan fingerprint density at radius 2 is 2.06 bits per heavy atom. The third-order valence-electron chi connectivity index (χ3n) is 2.28. The minimum atomic E-state index is -0.590. The molecule has 1 aromatic heterocycles. The lowest BCUT2D eigenvalue weighted by Gasteiger charge is -2.05. The fourth-order valence-electron chi connectivity index (χ4n) is 1.41. The highest BCUT2D eigenvalue weighted by atomic mass is 79.9. The van der Waals surface area contributed by atoms with Gasteiger partial charge in [0.25, 0.3) is 0 Å². The molecule has 1 heterocycles. The molecule has 0 bridgehead atoms. The van der Waals surface area contributed by atoms with Crippen molar-refractivity contribution in [3.63, 3.8) is 0 Å². The molecule has 0 radical (unpaired) electrons. The minimum Gasteiger partial charge on any atom is -0.398 e. The van der Waals surface area contributed by atoms with Crippen LogP contribution in [-0.2, 0) is 0 Å². The maximum absolute atomic E-state index is 13.6. The molecule has 0 unspecified atom stereocenters. The van der Waals surface area contributed by atoms with E-state index in [-0.39, 0.29) is 16.8 Å². The van der Waals surface area contributed by atoms with Crippen LogP contribution in [0.15, 0.2) is 41.1 Å². The number of anilines is 1. The van der Waals surface area contributed by atoms with Gasteiger partial charge in [-0.05, 0) is 24.3 Å². The summed E-state index contributed by atoms with van der Waals surface area (Å²) >= 11 is 3.13. The fraction of sp³-hybridized carbons (Fsp3) is 0. The molecule has 1 aromatic carbocycles. The molecule has 0 spiro atoms. The minimum absolute atomic E-state index is 0.0205. The predicted molar refractivity (Wildman–Crippen MR) is 66.2 cm³/mol. The second-order valence-electron chi connectivity index (χ2n) is 3.42. The standard InChI is InChI=1S/C12H8BrFN2O/c13-7-1-2-8(10(14)5-7)12(17)9-6-16-4-3-11(9)15/h1-6H,(H2,15,16). The monoisotopic (exact) mass is 294 g/mol. The first-order valence-electron chi connectivity index (χ1n) is 4.79. The summed E-state index contributed by atoms with van der Waals surface area (Å²) < 4.78 is 14.2. The Balaban J connectivity index is 2.48. The summed E-state index contributed by atoms with van der Waals surface area (Å²) in [6, 6.07) is 5.75. The van der Waals surface area contributed by atoms with E-state index in [2.05, 4.69) is 20.9 Å². The van der Waals surface area contributed by atoms with Crippen LogP contribution >= 0.6 is 15.9 Å². The molecule has 0 aliphatic carbocycles. The molecule has 0 amide bonds. The summed E-state index contributed by atoms with van der Waals surface area (Å²) in [6.45, 7) is 0. The van der Waals surface area contributed by atoms with E-state index in [1.807, 2.05) is 0 Å². The topological polar surface area (TPSA) is 56.0 Å². The van der Waals surface area contributed by atoms with Gasteiger partial charge in [0.05, 0.1) is 11.1 Å². The van der Waals surface area contributed by atoms with Crippen LogP contribution in [0.1, 0.15) is 15.9 Å². The lowest BCUT2D eigenvalue weighted by molar-refractivity contribution is 0.103. The number of nitrogens with two attached hydrogens (primary N) is 1. The molecule has 17 heavy (non-hydrogen) atoms. The number of pyridine rings is 1. The van der Waals surface area contributed by atoms with Gasteiger partial charge in [0.1, 0.15) is 5.82 Å². The molecule has 3 nitrogen and oxygen atoms in total. The lowest BCUT2D eigenvalue weighted by atomic mass is 10.0. The Kier molecular flexibility index (Phi) is 3.19. The molecular formula is C12H8BrFN2O. The molecular weight excluding hydrogens is 287 g/mol. The van der Waals surface area contributed by atoms with Crippen LogP contribution in [-0.4, -0.2) is 10.8 Å². The highest BCUT2D eigenvalue weighted by Crippen LogP contribution is 2.20. The Hall–Kier alpha value is -1.75. The summed E-state index contributed by atoms with van der Waals surface area (Å²) in [5, 5.41) is 0. The summed E-state index contributed by atoms with van der Waals surface area (Å²) in [7, 11) is 0. The molecule has 0 atom stereocenters. The van der Waals surface area contributed by atoms with Crippen molar-refractivity contribution in [2.45, 2.75) is 0 Å². The van der Waals surface area contributed by atoms with Crippen LogP contribution in [0, 0.1) is 5.82 Å². The highest BCUT2D eigenvalue weighted by molar-refractivity contribution is 9.10. The van der Waals surface area contributed by atoms with E-state index in [0.717, 1.165) is 0 Å². The molecule has 0 aliphatic rings. The predicted octanol–water partition coefficient (Wildman–Crippen LogP) is 2.80. The van der Waals surface area contributed by atoms with Gasteiger partial charge in [-0.2, -0.15) is 0 Å². The van der Waals surface area contributed by atoms with Crippen LogP contribution in [0.25, 0.3) is 0 Å². The quantitative estimate of drug-likeness (QED) is 0.867. The first-order chi connectivity index (χ1) is 8.09. The van der Waals surface area contributed by atoms with E-state index in [9.17, 15) is 9.18 Å². The first-order valence-corrected chi connectivity index (χ1v) is 5.58. The lowest BCUT2D eigenvalue weighted by Crippen LogP contribution is -2.07. The van der Waals surface area contributed by atoms with Crippen LogP contribution in [0.2, 0.25) is 0 Å². The number of ketones is 1. The average molecular weight is 295 g/mol. The van der Waals surface area contributed by atoms with Crippen molar-refractivity contribution >= 4 is 27.4 Å². The number of carbonyl (C=O) groups is 1. The van der Waals surface area contributed by atoms with E-state index in [1.54, 1.807) is 6.07 Å². The van der Waals surface area contributed by atoms with E-state index in [0.29, 0.717) is 4.47 Å². The van der Waals surface area contributed by atoms with Gasteiger partial charge in [-0.15, -0.1) is 0 Å². The van der Waals surface area contributed by atoms with Gasteiger partial charge in [-0.25, -0.2) is 4.39 Å². The van der Waals surface area contributed by atoms with E-state index < -0.39 is 11.6 Å². The zero-order valence-corrected chi connectivity index (χ0v) is 10.2. The molecule has 5 heteroatoms. The van der Waals surface area contributed by atoms with E-state index in [4.69, 9.17) is 5.73 Å². The van der Waals surface area contributed by atoms with Gasteiger partial charge < -0.3 is 5.73 Å². The number of nitrogens with zero attached hydrogens (tertiary/aromatic N) is 1. The van der Waals surface area contributed by atoms with Crippen molar-refractivity contribution in [2.75, 3.05) is 5.73 Å². The Morgan fingerprint density at radius 1 is 1.29 bits per heavy atom. The average Bonchev–Trinajstić information content (AvgIpc) is 2.29. The Bertz CT molecular complexity index is 586. The van der Waals surface area contributed by atoms with Gasteiger partial charge in [-0.3, -0.25) is 9.78 Å². The van der Waals surface area contributed by atoms with Crippen LogP contribution in [0.4, 0.5) is 10.1 Å². The SMILES string of the molecule is Nc1ccncc1C(=O)c1ccc(Br)cc1F. The Morgan fingerprint density at radius 3 is 2.71 bits per heavy atom. The maximum Gasteiger partial charge on any atom is 0.199 e. The molecule has 0 saturated carbocycles. The number of rotatable bonds is 2. The second kappa shape index (κ2) is 4.63. The molecule has 86 valence electrons. The summed E-state index contributed by atoms with van der Waals surface area (Å²) in [5.74, 6) is -1.06. The number of halogens is 2. The van der Waals surface area contributed by atoms with E-state index in [1.165, 1.54) is 30.6 Å². The van der Waals surface area contributed by atoms with Gasteiger partial charge in [0.2, 0.25) is 0 Å². The zero-order chi connectivity index (χ0) is 12.4. The van der Waals surface area contributed by atoms with Gasteiger partial charge in [0, 0.05) is 22.6 Å². The zero-order valence-electron chi connectivity index (χ0n) is 8.65. The number of carbonyl (C=O) groups excluding carboxylic acids is 1. The molecule has 0 saturated heterocycles. The van der Waals surface area contributed by atoms with Crippen LogP contribution in [0.3, 0.4) is 0 Å². The molecule has 0 fully saturated rings. The first kappa shape index (κ1) is 11.7. The van der Waals surface area contributed by atoms with Crippen molar-refractivity contribution in [3.05, 3.63) is 58.1 Å². The Labute approximate surface area is 106 Å². The summed E-state index contributed by atoms with van der Waals surface area (Å²) in [5.41, 5.74) is 6.11. The van der Waals surface area contributed by atoms with Gasteiger partial charge >= 0.3 is 0 Å². The maximum atomic E-state index is 13.6.